The van der Waals surface area contributed by atoms with Crippen LogP contribution in [0.3, 0.4) is 0 Å². The molecule has 1 N–H and O–H groups in total. The molecule has 5 heteroatoms. The second-order valence-electron chi connectivity index (χ2n) is 6.51. The molecule has 134 valence electrons. The van der Waals surface area contributed by atoms with Gasteiger partial charge in [-0.15, -0.1) is 11.8 Å². The number of hydrogen-bond donors (Lipinski definition) is 1. The molecule has 1 aliphatic rings. The summed E-state index contributed by atoms with van der Waals surface area (Å²) in [5.74, 6) is 0. The highest BCUT2D eigenvalue weighted by molar-refractivity contribution is 7.98. The van der Waals surface area contributed by atoms with Crippen LogP contribution in [0.5, 0.6) is 0 Å². The van der Waals surface area contributed by atoms with Crippen LogP contribution in [0.2, 0.25) is 5.02 Å². The van der Waals surface area contributed by atoms with Crippen LogP contribution >= 0.6 is 23.4 Å². The Bertz CT molecular complexity index is 699. The Kier molecular flexibility index (Phi) is 6.29. The highest BCUT2D eigenvalue weighted by Crippen LogP contribution is 2.25. The van der Waals surface area contributed by atoms with E-state index in [2.05, 4.69) is 47.2 Å². The van der Waals surface area contributed by atoms with Crippen LogP contribution in [0.25, 0.3) is 0 Å². The lowest BCUT2D eigenvalue weighted by atomic mass is 10.1. The van der Waals surface area contributed by atoms with Crippen LogP contribution in [0, 0.1) is 6.92 Å². The average Bonchev–Trinajstić information content (AvgIpc) is 2.63. The van der Waals surface area contributed by atoms with Crippen LogP contribution in [0.4, 0.5) is 5.69 Å². The van der Waals surface area contributed by atoms with E-state index < -0.39 is 6.10 Å². The summed E-state index contributed by atoms with van der Waals surface area (Å²) in [5, 5.41) is 11.4. The number of aliphatic hydroxyl groups excluding tert-OH is 1. The summed E-state index contributed by atoms with van der Waals surface area (Å²) in [6.07, 6.45) is 1.65. The topological polar surface area (TPSA) is 26.7 Å². The molecule has 0 aliphatic carbocycles. The SMILES string of the molecule is CSc1ccc(C(O)CN2CCN(c3ccc(Cl)cc3)CC2)cc1C. The molecule has 2 aromatic carbocycles. The van der Waals surface area contributed by atoms with Crippen molar-refractivity contribution < 1.29 is 5.11 Å². The van der Waals surface area contributed by atoms with Crippen LogP contribution in [0.1, 0.15) is 17.2 Å². The number of halogens is 1. The first-order valence-electron chi connectivity index (χ1n) is 8.62. The summed E-state index contributed by atoms with van der Waals surface area (Å²) >= 11 is 7.71. The zero-order valence-electron chi connectivity index (χ0n) is 14.8. The van der Waals surface area contributed by atoms with E-state index in [-0.39, 0.29) is 0 Å². The highest BCUT2D eigenvalue weighted by Gasteiger charge is 2.20. The fourth-order valence-electron chi connectivity index (χ4n) is 3.30. The maximum Gasteiger partial charge on any atom is 0.0917 e. The smallest absolute Gasteiger partial charge is 0.0917 e. The molecule has 0 aromatic heterocycles. The van der Waals surface area contributed by atoms with Gasteiger partial charge in [-0.25, -0.2) is 0 Å². The maximum absolute atomic E-state index is 10.6. The van der Waals surface area contributed by atoms with E-state index in [1.54, 1.807) is 11.8 Å². The summed E-state index contributed by atoms with van der Waals surface area (Å²) in [5.41, 5.74) is 3.46. The first-order chi connectivity index (χ1) is 12.1. The van der Waals surface area contributed by atoms with E-state index in [0.29, 0.717) is 6.54 Å². The third-order valence-corrected chi connectivity index (χ3v) is 5.95. The number of nitrogens with zero attached hydrogens (tertiary/aromatic N) is 2. The van der Waals surface area contributed by atoms with Crippen LogP contribution in [-0.4, -0.2) is 49.0 Å². The molecule has 25 heavy (non-hydrogen) atoms. The molecule has 2 aromatic rings. The van der Waals surface area contributed by atoms with Crippen molar-refractivity contribution in [3.05, 3.63) is 58.6 Å². The monoisotopic (exact) mass is 376 g/mol. The molecule has 0 radical (unpaired) electrons. The molecule has 0 bridgehead atoms. The second-order valence-corrected chi connectivity index (χ2v) is 7.79. The Hall–Kier alpha value is -1.20. The molecule has 1 saturated heterocycles. The van der Waals surface area contributed by atoms with Crippen molar-refractivity contribution in [3.8, 4) is 0 Å². The van der Waals surface area contributed by atoms with Crippen molar-refractivity contribution in [1.29, 1.82) is 0 Å². The van der Waals surface area contributed by atoms with Gasteiger partial charge in [-0.2, -0.15) is 0 Å². The summed E-state index contributed by atoms with van der Waals surface area (Å²) in [7, 11) is 0. The highest BCUT2D eigenvalue weighted by atomic mass is 35.5. The third kappa shape index (κ3) is 4.70. The Balaban J connectivity index is 1.54. The van der Waals surface area contributed by atoms with Gasteiger partial charge < -0.3 is 10.0 Å². The van der Waals surface area contributed by atoms with E-state index >= 15 is 0 Å². The van der Waals surface area contributed by atoms with Crippen molar-refractivity contribution in [2.24, 2.45) is 0 Å². The normalized spacial score (nSPS) is 16.9. The summed E-state index contributed by atoms with van der Waals surface area (Å²) in [4.78, 5) is 5.98. The van der Waals surface area contributed by atoms with E-state index in [1.807, 2.05) is 18.2 Å². The number of benzene rings is 2. The van der Waals surface area contributed by atoms with Crippen LogP contribution in [0.15, 0.2) is 47.4 Å². The molecule has 0 spiro atoms. The summed E-state index contributed by atoms with van der Waals surface area (Å²) < 4.78 is 0. The number of rotatable bonds is 5. The Labute approximate surface area is 159 Å². The molecule has 1 aliphatic heterocycles. The quantitative estimate of drug-likeness (QED) is 0.790. The first-order valence-corrected chi connectivity index (χ1v) is 10.2. The average molecular weight is 377 g/mol. The number of β-amino-alcohol motifs (C(OH)–C–C–N with tert-alkyl or cyclic N) is 1. The molecule has 1 atom stereocenters. The van der Waals surface area contributed by atoms with E-state index in [4.69, 9.17) is 11.6 Å². The van der Waals surface area contributed by atoms with Gasteiger partial charge in [-0.1, -0.05) is 23.7 Å². The predicted octanol–water partition coefficient (Wildman–Crippen LogP) is 4.23. The zero-order chi connectivity index (χ0) is 17.8. The number of aliphatic hydroxyl groups is 1. The van der Waals surface area contributed by atoms with Gasteiger partial charge in [0.25, 0.3) is 0 Å². The van der Waals surface area contributed by atoms with Gasteiger partial charge in [0.05, 0.1) is 6.10 Å². The molecule has 1 fully saturated rings. The lowest BCUT2D eigenvalue weighted by Gasteiger charge is -2.37. The molecular weight excluding hydrogens is 352 g/mol. The van der Waals surface area contributed by atoms with Crippen molar-refractivity contribution >= 4 is 29.1 Å². The standard InChI is InChI=1S/C20H25ClN2OS/c1-15-13-16(3-8-20(15)25-2)19(24)14-22-9-11-23(12-10-22)18-6-4-17(21)5-7-18/h3-8,13,19,24H,9-12,14H2,1-2H3. The second kappa shape index (κ2) is 8.45. The molecule has 1 unspecified atom stereocenters. The van der Waals surface area contributed by atoms with Gasteiger partial charge >= 0.3 is 0 Å². The Morgan fingerprint density at radius 3 is 2.36 bits per heavy atom. The minimum Gasteiger partial charge on any atom is -0.387 e. The molecule has 0 amide bonds. The fourth-order valence-corrected chi connectivity index (χ4v) is 4.01. The van der Waals surface area contributed by atoms with E-state index in [0.717, 1.165) is 36.8 Å². The minimum atomic E-state index is -0.434. The Morgan fingerprint density at radius 2 is 1.76 bits per heavy atom. The molecule has 3 rings (SSSR count). The molecule has 1 heterocycles. The van der Waals surface area contributed by atoms with Gasteiger partial charge in [-0.3, -0.25) is 4.90 Å². The van der Waals surface area contributed by atoms with Crippen molar-refractivity contribution in [3.63, 3.8) is 0 Å². The molecular formula is C20H25ClN2OS. The van der Waals surface area contributed by atoms with Crippen molar-refractivity contribution in [2.45, 2.75) is 17.9 Å². The van der Waals surface area contributed by atoms with Crippen molar-refractivity contribution in [2.75, 3.05) is 43.9 Å². The number of piperazine rings is 1. The number of hydrogen-bond acceptors (Lipinski definition) is 4. The molecule has 3 nitrogen and oxygen atoms in total. The fraction of sp³-hybridized carbons (Fsp3) is 0.400. The lowest BCUT2D eigenvalue weighted by Crippen LogP contribution is -2.47. The van der Waals surface area contributed by atoms with Crippen LogP contribution < -0.4 is 4.90 Å². The van der Waals surface area contributed by atoms with E-state index in [1.165, 1.54) is 16.1 Å². The molecule has 0 saturated carbocycles. The first kappa shape index (κ1) is 18.6. The number of aryl methyl sites for hydroxylation is 1. The van der Waals surface area contributed by atoms with Crippen molar-refractivity contribution in [1.82, 2.24) is 4.90 Å². The Morgan fingerprint density at radius 1 is 1.08 bits per heavy atom. The largest absolute Gasteiger partial charge is 0.387 e. The van der Waals surface area contributed by atoms with Gasteiger partial charge in [0, 0.05) is 48.3 Å². The summed E-state index contributed by atoms with van der Waals surface area (Å²) in [6, 6.07) is 14.3. The predicted molar refractivity (Wildman–Crippen MR) is 108 cm³/mol. The third-order valence-electron chi connectivity index (χ3n) is 4.80. The van der Waals surface area contributed by atoms with E-state index in [9.17, 15) is 5.11 Å². The minimum absolute atomic E-state index is 0.434. The van der Waals surface area contributed by atoms with Crippen LogP contribution in [-0.2, 0) is 0 Å². The summed E-state index contributed by atoms with van der Waals surface area (Å²) in [6.45, 7) is 6.65. The maximum atomic E-state index is 10.6. The van der Waals surface area contributed by atoms with Gasteiger partial charge in [-0.05, 0) is 54.6 Å². The number of anilines is 1. The lowest BCUT2D eigenvalue weighted by molar-refractivity contribution is 0.109. The van der Waals surface area contributed by atoms with Gasteiger partial charge in [0.2, 0.25) is 0 Å². The van der Waals surface area contributed by atoms with Gasteiger partial charge in [0.1, 0.15) is 0 Å². The number of thioether (sulfide) groups is 1. The van der Waals surface area contributed by atoms with Gasteiger partial charge in [0.15, 0.2) is 0 Å². The zero-order valence-corrected chi connectivity index (χ0v) is 16.4.